The van der Waals surface area contributed by atoms with Crippen LogP contribution in [0.25, 0.3) is 0 Å². The van der Waals surface area contributed by atoms with E-state index in [1.54, 1.807) is 0 Å². The van der Waals surface area contributed by atoms with Crippen molar-refractivity contribution in [1.29, 1.82) is 0 Å². The van der Waals surface area contributed by atoms with Crippen molar-refractivity contribution in [3.8, 4) is 0 Å². The van der Waals surface area contributed by atoms with Gasteiger partial charge >= 0.3 is 0 Å². The summed E-state index contributed by atoms with van der Waals surface area (Å²) in [5, 5.41) is 12.7. The van der Waals surface area contributed by atoms with Crippen LogP contribution < -0.4 is 10.2 Å². The van der Waals surface area contributed by atoms with E-state index in [2.05, 4.69) is 49.2 Å². The molecule has 1 heterocycles. The SMILES string of the molecule is Cc1cc(CNC(C)C)ccc1N1CCOC(CO)C1. The molecule has 1 atom stereocenters. The van der Waals surface area contributed by atoms with Gasteiger partial charge in [-0.1, -0.05) is 26.0 Å². The molecule has 2 rings (SSSR count). The van der Waals surface area contributed by atoms with E-state index < -0.39 is 0 Å². The molecule has 1 aliphatic rings. The topological polar surface area (TPSA) is 44.7 Å². The number of aliphatic hydroxyl groups excluding tert-OH is 1. The fourth-order valence-electron chi connectivity index (χ4n) is 2.55. The van der Waals surface area contributed by atoms with E-state index in [0.29, 0.717) is 12.6 Å². The van der Waals surface area contributed by atoms with Crippen LogP contribution in [0.4, 0.5) is 5.69 Å². The molecule has 0 aromatic heterocycles. The van der Waals surface area contributed by atoms with Gasteiger partial charge in [0.1, 0.15) is 0 Å². The van der Waals surface area contributed by atoms with E-state index in [9.17, 15) is 5.11 Å². The van der Waals surface area contributed by atoms with Crippen LogP contribution in [0.15, 0.2) is 18.2 Å². The molecule has 0 saturated carbocycles. The minimum atomic E-state index is -0.0644. The van der Waals surface area contributed by atoms with Gasteiger partial charge in [0.2, 0.25) is 0 Å². The van der Waals surface area contributed by atoms with Crippen molar-refractivity contribution < 1.29 is 9.84 Å². The van der Waals surface area contributed by atoms with Gasteiger partial charge in [-0.2, -0.15) is 0 Å². The van der Waals surface area contributed by atoms with Crippen LogP contribution in [0.1, 0.15) is 25.0 Å². The van der Waals surface area contributed by atoms with E-state index in [4.69, 9.17) is 4.74 Å². The van der Waals surface area contributed by atoms with Crippen molar-refractivity contribution in [2.24, 2.45) is 0 Å². The van der Waals surface area contributed by atoms with Crippen molar-refractivity contribution in [2.45, 2.75) is 39.5 Å². The van der Waals surface area contributed by atoms with Crippen LogP contribution >= 0.6 is 0 Å². The summed E-state index contributed by atoms with van der Waals surface area (Å²) in [6, 6.07) is 7.11. The van der Waals surface area contributed by atoms with Gasteiger partial charge in [0.05, 0.1) is 19.3 Å². The molecule has 1 aromatic rings. The fourth-order valence-corrected chi connectivity index (χ4v) is 2.55. The number of nitrogens with one attached hydrogen (secondary N) is 1. The zero-order valence-corrected chi connectivity index (χ0v) is 12.7. The summed E-state index contributed by atoms with van der Waals surface area (Å²) in [6.07, 6.45) is -0.0644. The lowest BCUT2D eigenvalue weighted by Gasteiger charge is -2.34. The van der Waals surface area contributed by atoms with Crippen molar-refractivity contribution in [1.82, 2.24) is 5.32 Å². The van der Waals surface area contributed by atoms with Crippen molar-refractivity contribution in [2.75, 3.05) is 31.2 Å². The predicted octanol–water partition coefficient (Wildman–Crippen LogP) is 1.69. The molecule has 20 heavy (non-hydrogen) atoms. The van der Waals surface area contributed by atoms with E-state index in [0.717, 1.165) is 19.6 Å². The van der Waals surface area contributed by atoms with Crippen LogP contribution in [-0.2, 0) is 11.3 Å². The van der Waals surface area contributed by atoms with Gasteiger partial charge in [0.15, 0.2) is 0 Å². The quantitative estimate of drug-likeness (QED) is 0.860. The summed E-state index contributed by atoms with van der Waals surface area (Å²) >= 11 is 0. The molecule has 112 valence electrons. The number of aryl methyl sites for hydroxylation is 1. The first kappa shape index (κ1) is 15.3. The maximum Gasteiger partial charge on any atom is 0.0980 e. The Kier molecular flexibility index (Phi) is 5.40. The first-order valence-electron chi connectivity index (χ1n) is 7.40. The highest BCUT2D eigenvalue weighted by Gasteiger charge is 2.20. The minimum Gasteiger partial charge on any atom is -0.394 e. The maximum absolute atomic E-state index is 9.23. The number of hydrogen-bond acceptors (Lipinski definition) is 4. The highest BCUT2D eigenvalue weighted by molar-refractivity contribution is 5.54. The van der Waals surface area contributed by atoms with Crippen LogP contribution in [0, 0.1) is 6.92 Å². The number of aliphatic hydroxyl groups is 1. The fraction of sp³-hybridized carbons (Fsp3) is 0.625. The lowest BCUT2D eigenvalue weighted by atomic mass is 10.1. The Labute approximate surface area is 121 Å². The van der Waals surface area contributed by atoms with E-state index >= 15 is 0 Å². The Morgan fingerprint density at radius 2 is 2.25 bits per heavy atom. The normalized spacial score (nSPS) is 19.6. The van der Waals surface area contributed by atoms with Gasteiger partial charge in [0, 0.05) is 31.4 Å². The molecule has 0 radical (unpaired) electrons. The number of rotatable bonds is 5. The predicted molar refractivity (Wildman–Crippen MR) is 82.2 cm³/mol. The van der Waals surface area contributed by atoms with Crippen molar-refractivity contribution in [3.63, 3.8) is 0 Å². The monoisotopic (exact) mass is 278 g/mol. The molecule has 4 nitrogen and oxygen atoms in total. The summed E-state index contributed by atoms with van der Waals surface area (Å²) in [5.74, 6) is 0. The molecule has 0 spiro atoms. The number of morpholine rings is 1. The van der Waals surface area contributed by atoms with Gasteiger partial charge in [-0.3, -0.25) is 0 Å². The number of anilines is 1. The Bertz CT molecular complexity index is 434. The molecule has 1 aliphatic heterocycles. The lowest BCUT2D eigenvalue weighted by molar-refractivity contribution is 0.00354. The van der Waals surface area contributed by atoms with E-state index in [-0.39, 0.29) is 12.7 Å². The van der Waals surface area contributed by atoms with Crippen molar-refractivity contribution >= 4 is 5.69 Å². The van der Waals surface area contributed by atoms with Crippen LogP contribution in [-0.4, -0.2) is 43.6 Å². The second kappa shape index (κ2) is 7.07. The second-order valence-corrected chi connectivity index (χ2v) is 5.78. The van der Waals surface area contributed by atoms with Gasteiger partial charge in [0.25, 0.3) is 0 Å². The Hall–Kier alpha value is -1.10. The highest BCUT2D eigenvalue weighted by atomic mass is 16.5. The third kappa shape index (κ3) is 3.95. The molecular formula is C16H26N2O2. The maximum atomic E-state index is 9.23. The average Bonchev–Trinajstić information content (AvgIpc) is 2.45. The van der Waals surface area contributed by atoms with Crippen LogP contribution in [0.3, 0.4) is 0 Å². The summed E-state index contributed by atoms with van der Waals surface area (Å²) in [4.78, 5) is 2.30. The molecule has 4 heteroatoms. The Balaban J connectivity index is 2.05. The Morgan fingerprint density at radius 3 is 2.90 bits per heavy atom. The minimum absolute atomic E-state index is 0.0644. The zero-order valence-electron chi connectivity index (χ0n) is 12.7. The van der Waals surface area contributed by atoms with Gasteiger partial charge in [-0.25, -0.2) is 0 Å². The summed E-state index contributed by atoms with van der Waals surface area (Å²) in [7, 11) is 0. The number of ether oxygens (including phenoxy) is 1. The Morgan fingerprint density at radius 1 is 1.45 bits per heavy atom. The highest BCUT2D eigenvalue weighted by Crippen LogP contribution is 2.23. The van der Waals surface area contributed by atoms with E-state index in [1.165, 1.54) is 16.8 Å². The van der Waals surface area contributed by atoms with Gasteiger partial charge < -0.3 is 20.1 Å². The number of benzene rings is 1. The molecule has 1 aromatic carbocycles. The largest absolute Gasteiger partial charge is 0.394 e. The first-order chi connectivity index (χ1) is 9.60. The van der Waals surface area contributed by atoms with Gasteiger partial charge in [-0.15, -0.1) is 0 Å². The number of nitrogens with zero attached hydrogens (tertiary/aromatic N) is 1. The first-order valence-corrected chi connectivity index (χ1v) is 7.40. The molecule has 0 amide bonds. The summed E-state index contributed by atoms with van der Waals surface area (Å²) in [5.41, 5.74) is 3.85. The zero-order chi connectivity index (χ0) is 14.5. The third-order valence-corrected chi connectivity index (χ3v) is 3.66. The van der Waals surface area contributed by atoms with Gasteiger partial charge in [-0.05, 0) is 24.1 Å². The molecule has 1 saturated heterocycles. The van der Waals surface area contributed by atoms with Crippen LogP contribution in [0.5, 0.6) is 0 Å². The third-order valence-electron chi connectivity index (χ3n) is 3.66. The number of hydrogen-bond donors (Lipinski definition) is 2. The van der Waals surface area contributed by atoms with Crippen molar-refractivity contribution in [3.05, 3.63) is 29.3 Å². The van der Waals surface area contributed by atoms with E-state index in [1.807, 2.05) is 0 Å². The molecule has 2 N–H and O–H groups in total. The second-order valence-electron chi connectivity index (χ2n) is 5.78. The molecule has 0 aliphatic carbocycles. The standard InChI is InChI=1S/C16H26N2O2/c1-12(2)17-9-14-4-5-16(13(3)8-14)18-6-7-20-15(10-18)11-19/h4-5,8,12,15,17,19H,6-7,9-11H2,1-3H3. The lowest BCUT2D eigenvalue weighted by Crippen LogP contribution is -2.44. The molecular weight excluding hydrogens is 252 g/mol. The molecule has 1 fully saturated rings. The molecule has 1 unspecified atom stereocenters. The smallest absolute Gasteiger partial charge is 0.0980 e. The molecule has 0 bridgehead atoms. The van der Waals surface area contributed by atoms with Crippen LogP contribution in [0.2, 0.25) is 0 Å². The summed E-state index contributed by atoms with van der Waals surface area (Å²) < 4.78 is 5.51. The average molecular weight is 278 g/mol. The summed E-state index contributed by atoms with van der Waals surface area (Å²) in [6.45, 7) is 9.79.